The quantitative estimate of drug-likeness (QED) is 0.875. The van der Waals surface area contributed by atoms with E-state index in [2.05, 4.69) is 15.9 Å². The first-order chi connectivity index (χ1) is 8.08. The van der Waals surface area contributed by atoms with Crippen molar-refractivity contribution in [2.45, 2.75) is 6.10 Å². The van der Waals surface area contributed by atoms with Crippen molar-refractivity contribution < 1.29 is 9.50 Å². The van der Waals surface area contributed by atoms with Crippen LogP contribution >= 0.6 is 27.5 Å². The molecular formula is C13H9BrClFO. The topological polar surface area (TPSA) is 20.2 Å². The van der Waals surface area contributed by atoms with E-state index in [4.69, 9.17) is 11.6 Å². The smallest absolute Gasteiger partial charge is 0.129 e. The van der Waals surface area contributed by atoms with Crippen molar-refractivity contribution in [3.05, 3.63) is 68.9 Å². The van der Waals surface area contributed by atoms with Crippen molar-refractivity contribution in [2.75, 3.05) is 0 Å². The number of rotatable bonds is 2. The Hall–Kier alpha value is -0.900. The lowest BCUT2D eigenvalue weighted by Crippen LogP contribution is -2.02. The molecule has 0 fully saturated rings. The third-order valence-corrected chi connectivity index (χ3v) is 3.20. The highest BCUT2D eigenvalue weighted by Gasteiger charge is 2.15. The maximum atomic E-state index is 13.6. The number of aliphatic hydroxyl groups excluding tert-OH is 1. The first-order valence-corrected chi connectivity index (χ1v) is 6.13. The standard InChI is InChI=1S/C13H9BrClFO/c14-9-3-1-8(2-4-9)13(17)11-7-10(15)5-6-12(11)16/h1-7,13,17H. The van der Waals surface area contributed by atoms with Crippen LogP contribution in [0.4, 0.5) is 4.39 Å². The first kappa shape index (κ1) is 12.6. The molecule has 0 amide bonds. The average molecular weight is 316 g/mol. The van der Waals surface area contributed by atoms with Crippen molar-refractivity contribution in [1.82, 2.24) is 0 Å². The van der Waals surface area contributed by atoms with Crippen LogP contribution in [0.5, 0.6) is 0 Å². The lowest BCUT2D eigenvalue weighted by Gasteiger charge is -2.12. The molecule has 2 aromatic rings. The van der Waals surface area contributed by atoms with Gasteiger partial charge in [0.15, 0.2) is 0 Å². The molecule has 17 heavy (non-hydrogen) atoms. The van der Waals surface area contributed by atoms with Gasteiger partial charge in [-0.15, -0.1) is 0 Å². The molecule has 0 aliphatic carbocycles. The third-order valence-electron chi connectivity index (χ3n) is 2.44. The predicted molar refractivity (Wildman–Crippen MR) is 69.6 cm³/mol. The highest BCUT2D eigenvalue weighted by molar-refractivity contribution is 9.10. The summed E-state index contributed by atoms with van der Waals surface area (Å²) in [4.78, 5) is 0. The molecule has 0 radical (unpaired) electrons. The maximum Gasteiger partial charge on any atom is 0.129 e. The fourth-order valence-corrected chi connectivity index (χ4v) is 1.99. The Bertz CT molecular complexity index is 527. The van der Waals surface area contributed by atoms with E-state index in [0.29, 0.717) is 10.6 Å². The van der Waals surface area contributed by atoms with E-state index >= 15 is 0 Å². The molecule has 0 aliphatic rings. The SMILES string of the molecule is OC(c1ccc(Br)cc1)c1cc(Cl)ccc1F. The van der Waals surface area contributed by atoms with E-state index in [1.807, 2.05) is 0 Å². The number of hydrogen-bond donors (Lipinski definition) is 1. The van der Waals surface area contributed by atoms with Gasteiger partial charge >= 0.3 is 0 Å². The molecule has 1 atom stereocenters. The average Bonchev–Trinajstić information content (AvgIpc) is 2.32. The van der Waals surface area contributed by atoms with Gasteiger partial charge in [0, 0.05) is 15.1 Å². The molecule has 4 heteroatoms. The van der Waals surface area contributed by atoms with Gasteiger partial charge in [0.25, 0.3) is 0 Å². The van der Waals surface area contributed by atoms with Crippen molar-refractivity contribution in [1.29, 1.82) is 0 Å². The molecule has 0 aliphatic heterocycles. The highest BCUT2D eigenvalue weighted by atomic mass is 79.9. The second-order valence-corrected chi connectivity index (χ2v) is 4.97. The number of benzene rings is 2. The van der Waals surface area contributed by atoms with Crippen LogP contribution in [0.3, 0.4) is 0 Å². The third kappa shape index (κ3) is 2.86. The Morgan fingerprint density at radius 3 is 2.41 bits per heavy atom. The normalized spacial score (nSPS) is 12.5. The summed E-state index contributed by atoms with van der Waals surface area (Å²) in [5, 5.41) is 10.5. The molecule has 88 valence electrons. The summed E-state index contributed by atoms with van der Waals surface area (Å²) in [5.74, 6) is -0.468. The molecule has 0 spiro atoms. The minimum absolute atomic E-state index is 0.180. The number of aliphatic hydroxyl groups is 1. The van der Waals surface area contributed by atoms with Gasteiger partial charge in [-0.2, -0.15) is 0 Å². The van der Waals surface area contributed by atoms with Gasteiger partial charge in [-0.1, -0.05) is 39.7 Å². The first-order valence-electron chi connectivity index (χ1n) is 4.96. The van der Waals surface area contributed by atoms with Gasteiger partial charge in [-0.05, 0) is 35.9 Å². The fourth-order valence-electron chi connectivity index (χ4n) is 1.55. The second-order valence-electron chi connectivity index (χ2n) is 3.62. The van der Waals surface area contributed by atoms with Gasteiger partial charge in [-0.3, -0.25) is 0 Å². The Labute approximate surface area is 112 Å². The summed E-state index contributed by atoms with van der Waals surface area (Å²) >= 11 is 9.09. The summed E-state index contributed by atoms with van der Waals surface area (Å²) in [6, 6.07) is 11.2. The fraction of sp³-hybridized carbons (Fsp3) is 0.0769. The zero-order valence-electron chi connectivity index (χ0n) is 8.70. The van der Waals surface area contributed by atoms with E-state index in [0.717, 1.165) is 4.47 Å². The Morgan fingerprint density at radius 1 is 1.12 bits per heavy atom. The molecular weight excluding hydrogens is 306 g/mol. The van der Waals surface area contributed by atoms with Crippen molar-refractivity contribution in [3.63, 3.8) is 0 Å². The molecule has 2 rings (SSSR count). The second kappa shape index (κ2) is 5.17. The lowest BCUT2D eigenvalue weighted by atomic mass is 10.0. The monoisotopic (exact) mass is 314 g/mol. The molecule has 1 N–H and O–H groups in total. The van der Waals surface area contributed by atoms with Crippen LogP contribution in [0.1, 0.15) is 17.2 Å². The Kier molecular flexibility index (Phi) is 3.82. The molecule has 0 heterocycles. The van der Waals surface area contributed by atoms with Gasteiger partial charge in [0.2, 0.25) is 0 Å². The zero-order valence-corrected chi connectivity index (χ0v) is 11.0. The Morgan fingerprint density at radius 2 is 1.76 bits per heavy atom. The Balaban J connectivity index is 2.39. The summed E-state index contributed by atoms with van der Waals surface area (Å²) in [6.45, 7) is 0. The van der Waals surface area contributed by atoms with Crippen LogP contribution in [0, 0.1) is 5.82 Å². The molecule has 0 saturated carbocycles. The van der Waals surface area contributed by atoms with Gasteiger partial charge < -0.3 is 5.11 Å². The van der Waals surface area contributed by atoms with Gasteiger partial charge in [0.1, 0.15) is 11.9 Å². The molecule has 2 aromatic carbocycles. The molecule has 0 bridgehead atoms. The molecule has 0 saturated heterocycles. The van der Waals surface area contributed by atoms with Crippen LogP contribution in [0.2, 0.25) is 5.02 Å². The predicted octanol–water partition coefficient (Wildman–Crippen LogP) is 4.32. The van der Waals surface area contributed by atoms with Crippen LogP contribution in [0.15, 0.2) is 46.9 Å². The molecule has 0 aromatic heterocycles. The van der Waals surface area contributed by atoms with Crippen molar-refractivity contribution >= 4 is 27.5 Å². The van der Waals surface area contributed by atoms with Gasteiger partial charge in [0.05, 0.1) is 0 Å². The molecule has 1 unspecified atom stereocenters. The van der Waals surface area contributed by atoms with Crippen LogP contribution in [-0.4, -0.2) is 5.11 Å². The van der Waals surface area contributed by atoms with E-state index in [1.54, 1.807) is 24.3 Å². The van der Waals surface area contributed by atoms with Crippen LogP contribution in [0.25, 0.3) is 0 Å². The van der Waals surface area contributed by atoms with Crippen molar-refractivity contribution in [3.8, 4) is 0 Å². The summed E-state index contributed by atoms with van der Waals surface area (Å²) in [5.41, 5.74) is 0.800. The van der Waals surface area contributed by atoms with E-state index in [9.17, 15) is 9.50 Å². The summed E-state index contributed by atoms with van der Waals surface area (Å²) in [7, 11) is 0. The van der Waals surface area contributed by atoms with Gasteiger partial charge in [-0.25, -0.2) is 4.39 Å². The zero-order chi connectivity index (χ0) is 12.4. The number of hydrogen-bond acceptors (Lipinski definition) is 1. The largest absolute Gasteiger partial charge is 0.384 e. The van der Waals surface area contributed by atoms with E-state index < -0.39 is 11.9 Å². The maximum absolute atomic E-state index is 13.6. The van der Waals surface area contributed by atoms with Crippen LogP contribution in [-0.2, 0) is 0 Å². The van der Waals surface area contributed by atoms with Crippen LogP contribution < -0.4 is 0 Å². The minimum atomic E-state index is -1.01. The van der Waals surface area contributed by atoms with E-state index in [-0.39, 0.29) is 5.56 Å². The highest BCUT2D eigenvalue weighted by Crippen LogP contribution is 2.27. The van der Waals surface area contributed by atoms with E-state index in [1.165, 1.54) is 18.2 Å². The lowest BCUT2D eigenvalue weighted by molar-refractivity contribution is 0.215. The summed E-state index contributed by atoms with van der Waals surface area (Å²) in [6.07, 6.45) is -1.01. The minimum Gasteiger partial charge on any atom is -0.384 e. The molecule has 1 nitrogen and oxygen atoms in total. The summed E-state index contributed by atoms with van der Waals surface area (Å²) < 4.78 is 14.5. The van der Waals surface area contributed by atoms with Crippen molar-refractivity contribution in [2.24, 2.45) is 0 Å². The number of halogens is 3.